The van der Waals surface area contributed by atoms with Gasteiger partial charge in [0.05, 0.1) is 10.5 Å². The Kier molecular flexibility index (Phi) is 3.59. The first-order chi connectivity index (χ1) is 8.79. The minimum Gasteiger partial charge on any atom is -0.329 e. The lowest BCUT2D eigenvalue weighted by molar-refractivity contribution is -0.159. The van der Waals surface area contributed by atoms with Crippen molar-refractivity contribution in [1.29, 1.82) is 0 Å². The van der Waals surface area contributed by atoms with Gasteiger partial charge in [0.2, 0.25) is 0 Å². The van der Waals surface area contributed by atoms with Crippen molar-refractivity contribution in [3.63, 3.8) is 0 Å². The van der Waals surface area contributed by atoms with Crippen LogP contribution in [0.3, 0.4) is 0 Å². The number of halogens is 5. The molecule has 0 bridgehead atoms. The Morgan fingerprint density at radius 2 is 2.00 bits per heavy atom. The molecule has 0 aliphatic heterocycles. The van der Waals surface area contributed by atoms with Gasteiger partial charge in [-0.15, -0.1) is 0 Å². The van der Waals surface area contributed by atoms with Crippen LogP contribution in [0.4, 0.5) is 17.6 Å². The van der Waals surface area contributed by atoms with E-state index in [9.17, 15) is 17.6 Å². The van der Waals surface area contributed by atoms with Crippen molar-refractivity contribution in [2.45, 2.75) is 12.2 Å². The first-order valence-corrected chi connectivity index (χ1v) is 5.69. The Labute approximate surface area is 112 Å². The van der Waals surface area contributed by atoms with E-state index in [-0.39, 0.29) is 10.3 Å². The zero-order chi connectivity index (χ0) is 14.2. The van der Waals surface area contributed by atoms with Crippen LogP contribution >= 0.6 is 15.9 Å². The lowest BCUT2D eigenvalue weighted by atomic mass is 10.1. The fourth-order valence-corrected chi connectivity index (χ4v) is 1.73. The Morgan fingerprint density at radius 3 is 2.53 bits per heavy atom. The lowest BCUT2D eigenvalue weighted by Crippen LogP contribution is -2.14. The number of rotatable bonds is 2. The van der Waals surface area contributed by atoms with Gasteiger partial charge in [-0.1, -0.05) is 11.2 Å². The number of nitrogens with zero attached hydrogens (tertiary/aromatic N) is 2. The van der Waals surface area contributed by atoms with Crippen molar-refractivity contribution < 1.29 is 22.1 Å². The summed E-state index contributed by atoms with van der Waals surface area (Å²) in [4.78, 5) is 3.17. The van der Waals surface area contributed by atoms with E-state index in [1.165, 1.54) is 12.1 Å². The second-order valence-corrected chi connectivity index (χ2v) is 4.46. The van der Waals surface area contributed by atoms with E-state index in [0.717, 1.165) is 6.07 Å². The van der Waals surface area contributed by atoms with Crippen molar-refractivity contribution >= 4 is 15.9 Å². The molecule has 0 radical (unpaired) electrons. The Morgan fingerprint density at radius 1 is 1.32 bits per heavy atom. The van der Waals surface area contributed by atoms with Crippen LogP contribution in [0.2, 0.25) is 0 Å². The van der Waals surface area contributed by atoms with Gasteiger partial charge in [0.1, 0.15) is 5.82 Å². The van der Waals surface area contributed by atoms with E-state index < -0.39 is 23.9 Å². The van der Waals surface area contributed by atoms with Crippen molar-refractivity contribution in [3.8, 4) is 0 Å². The molecule has 1 atom stereocenters. The summed E-state index contributed by atoms with van der Waals surface area (Å²) in [5.74, 6) is -2.31. The highest BCUT2D eigenvalue weighted by atomic mass is 79.9. The molecule has 0 amide bonds. The van der Waals surface area contributed by atoms with Crippen molar-refractivity contribution in [2.75, 3.05) is 0 Å². The maximum atomic E-state index is 13.0. The van der Waals surface area contributed by atoms with Gasteiger partial charge in [-0.2, -0.15) is 18.2 Å². The van der Waals surface area contributed by atoms with Crippen LogP contribution < -0.4 is 5.73 Å². The molecule has 0 spiro atoms. The van der Waals surface area contributed by atoms with E-state index in [1.807, 2.05) is 0 Å². The van der Waals surface area contributed by atoms with Crippen molar-refractivity contribution in [3.05, 3.63) is 45.8 Å². The summed E-state index contributed by atoms with van der Waals surface area (Å²) in [7, 11) is 0. The van der Waals surface area contributed by atoms with Crippen LogP contribution in [0, 0.1) is 5.82 Å². The molecule has 0 fully saturated rings. The van der Waals surface area contributed by atoms with E-state index in [1.54, 1.807) is 0 Å². The normalized spacial score (nSPS) is 13.6. The zero-order valence-electron chi connectivity index (χ0n) is 9.08. The minimum atomic E-state index is -4.73. The first-order valence-electron chi connectivity index (χ1n) is 4.90. The number of nitrogens with two attached hydrogens (primary N) is 1. The second kappa shape index (κ2) is 4.89. The van der Waals surface area contributed by atoms with Crippen LogP contribution in [-0.2, 0) is 6.18 Å². The molecule has 0 saturated heterocycles. The van der Waals surface area contributed by atoms with Crippen LogP contribution in [0.25, 0.3) is 0 Å². The molecule has 1 unspecified atom stereocenters. The maximum Gasteiger partial charge on any atom is 0.471 e. The minimum absolute atomic E-state index is 0.139. The highest BCUT2D eigenvalue weighted by Gasteiger charge is 2.39. The zero-order valence-corrected chi connectivity index (χ0v) is 10.7. The summed E-state index contributed by atoms with van der Waals surface area (Å²) < 4.78 is 54.1. The van der Waals surface area contributed by atoms with Crippen LogP contribution in [0.15, 0.2) is 27.2 Å². The Bertz CT molecular complexity index is 599. The molecule has 1 aromatic heterocycles. The van der Waals surface area contributed by atoms with Crippen molar-refractivity contribution in [2.24, 2.45) is 5.73 Å². The monoisotopic (exact) mass is 339 g/mol. The van der Waals surface area contributed by atoms with Gasteiger partial charge in [0.15, 0.2) is 5.82 Å². The molecule has 1 aromatic carbocycles. The molecule has 2 N–H and O–H groups in total. The van der Waals surface area contributed by atoms with E-state index in [0.29, 0.717) is 5.56 Å². The van der Waals surface area contributed by atoms with Gasteiger partial charge in [0, 0.05) is 0 Å². The largest absolute Gasteiger partial charge is 0.471 e. The molecule has 2 rings (SSSR count). The van der Waals surface area contributed by atoms with Gasteiger partial charge in [-0.05, 0) is 33.6 Å². The van der Waals surface area contributed by atoms with Gasteiger partial charge < -0.3 is 10.3 Å². The standard InChI is InChI=1S/C10H6BrF4N3O/c11-5-3-4(1-2-6(5)12)7(16)8-17-9(19-18-8)10(13,14)15/h1-3,7H,16H2. The third-order valence-electron chi connectivity index (χ3n) is 2.27. The average Bonchev–Trinajstić information content (AvgIpc) is 2.81. The van der Waals surface area contributed by atoms with Crippen molar-refractivity contribution in [1.82, 2.24) is 10.1 Å². The van der Waals surface area contributed by atoms with Gasteiger partial charge >= 0.3 is 12.1 Å². The topological polar surface area (TPSA) is 64.9 Å². The van der Waals surface area contributed by atoms with E-state index in [4.69, 9.17) is 5.73 Å². The third kappa shape index (κ3) is 2.92. The molecule has 0 aliphatic rings. The molecule has 9 heteroatoms. The highest BCUT2D eigenvalue weighted by molar-refractivity contribution is 9.10. The SMILES string of the molecule is NC(c1ccc(F)c(Br)c1)c1noc(C(F)(F)F)n1. The van der Waals surface area contributed by atoms with Gasteiger partial charge in [-0.3, -0.25) is 0 Å². The van der Waals surface area contributed by atoms with E-state index >= 15 is 0 Å². The summed E-state index contributed by atoms with van der Waals surface area (Å²) in [6.45, 7) is 0. The van der Waals surface area contributed by atoms with Crippen LogP contribution in [0.1, 0.15) is 23.3 Å². The molecule has 4 nitrogen and oxygen atoms in total. The molecule has 0 aliphatic carbocycles. The molecule has 2 aromatic rings. The Balaban J connectivity index is 2.31. The van der Waals surface area contributed by atoms with Crippen LogP contribution in [0.5, 0.6) is 0 Å². The maximum absolute atomic E-state index is 13.0. The third-order valence-corrected chi connectivity index (χ3v) is 2.87. The van der Waals surface area contributed by atoms with Crippen LogP contribution in [-0.4, -0.2) is 10.1 Å². The summed E-state index contributed by atoms with van der Waals surface area (Å²) in [6.07, 6.45) is -4.73. The quantitative estimate of drug-likeness (QED) is 0.854. The molecular weight excluding hydrogens is 334 g/mol. The fourth-order valence-electron chi connectivity index (χ4n) is 1.33. The molecule has 0 saturated carbocycles. The predicted octanol–water partition coefficient (Wildman–Crippen LogP) is 3.04. The lowest BCUT2D eigenvalue weighted by Gasteiger charge is -2.08. The molecule has 102 valence electrons. The first kappa shape index (κ1) is 13.9. The fraction of sp³-hybridized carbons (Fsp3) is 0.200. The number of aromatic nitrogens is 2. The molecular formula is C10H6BrF4N3O. The smallest absolute Gasteiger partial charge is 0.329 e. The Hall–Kier alpha value is -1.48. The molecule has 1 heterocycles. The summed E-state index contributed by atoms with van der Waals surface area (Å²) in [6, 6.07) is 2.75. The van der Waals surface area contributed by atoms with Gasteiger partial charge in [0.25, 0.3) is 0 Å². The van der Waals surface area contributed by atoms with Gasteiger partial charge in [-0.25, -0.2) is 4.39 Å². The summed E-state index contributed by atoms with van der Waals surface area (Å²) in [5.41, 5.74) is 6.05. The van der Waals surface area contributed by atoms with E-state index in [2.05, 4.69) is 30.6 Å². The number of alkyl halides is 3. The highest BCUT2D eigenvalue weighted by Crippen LogP contribution is 2.29. The summed E-state index contributed by atoms with van der Waals surface area (Å²) >= 11 is 2.95. The number of benzene rings is 1. The summed E-state index contributed by atoms with van der Waals surface area (Å²) in [5, 5.41) is 3.17. The number of hydrogen-bond donors (Lipinski definition) is 1. The average molecular weight is 340 g/mol. The second-order valence-electron chi connectivity index (χ2n) is 3.61. The molecule has 19 heavy (non-hydrogen) atoms. The predicted molar refractivity (Wildman–Crippen MR) is 59.4 cm³/mol. The number of hydrogen-bond acceptors (Lipinski definition) is 4.